The van der Waals surface area contributed by atoms with Crippen LogP contribution in [0.1, 0.15) is 36.1 Å². The Balaban J connectivity index is 1.54. The Morgan fingerprint density at radius 1 is 0.667 bits per heavy atom. The molecule has 0 fully saturated rings. The van der Waals surface area contributed by atoms with E-state index < -0.39 is 0 Å². The lowest BCUT2D eigenvalue weighted by Crippen LogP contribution is -2.35. The van der Waals surface area contributed by atoms with Crippen LogP contribution in [0.3, 0.4) is 0 Å². The maximum absolute atomic E-state index is 4.63. The number of aromatic nitrogens is 2. The predicted octanol–water partition coefficient (Wildman–Crippen LogP) is 9.96. The molecule has 0 radical (unpaired) electrons. The highest BCUT2D eigenvalue weighted by molar-refractivity contribution is 6.09. The molecule has 48 heavy (non-hydrogen) atoms. The molecule has 0 N–H and O–H groups in total. The average molecular weight is 622 g/mol. The van der Waals surface area contributed by atoms with Gasteiger partial charge in [-0.3, -0.25) is 0 Å². The largest absolute Gasteiger partial charge is 0.344 e. The Hall–Kier alpha value is -5.80. The van der Waals surface area contributed by atoms with E-state index >= 15 is 0 Å². The number of anilines is 2. The van der Waals surface area contributed by atoms with Crippen molar-refractivity contribution in [2.24, 2.45) is 14.1 Å². The van der Waals surface area contributed by atoms with Gasteiger partial charge in [0.1, 0.15) is 0 Å². The molecule has 0 bridgehead atoms. The van der Waals surface area contributed by atoms with Gasteiger partial charge in [0.15, 0.2) is 0 Å². The lowest BCUT2D eigenvalue weighted by atomic mass is 9.81. The summed E-state index contributed by atoms with van der Waals surface area (Å²) in [6.45, 7) is 22.5. The fraction of sp³-hybridized carbons (Fsp3) is 0.111. The maximum atomic E-state index is 4.63. The molecule has 0 atom stereocenters. The van der Waals surface area contributed by atoms with Gasteiger partial charge in [-0.15, -0.1) is 0 Å². The minimum Gasteiger partial charge on any atom is -0.344 e. The van der Waals surface area contributed by atoms with Crippen LogP contribution in [0.5, 0.6) is 0 Å². The third-order valence-electron chi connectivity index (χ3n) is 10.6. The lowest BCUT2D eigenvalue weighted by molar-refractivity contribution is 0.660. The predicted molar refractivity (Wildman–Crippen MR) is 208 cm³/mol. The Morgan fingerprint density at radius 2 is 1.29 bits per heavy atom. The first-order valence-electron chi connectivity index (χ1n) is 16.5. The first-order valence-corrected chi connectivity index (χ1v) is 16.5. The number of benzene rings is 5. The van der Waals surface area contributed by atoms with E-state index in [2.05, 4.69) is 165 Å². The smallest absolute Gasteiger partial charge is 0.0727 e. The van der Waals surface area contributed by atoms with Gasteiger partial charge in [0, 0.05) is 63.2 Å². The zero-order chi connectivity index (χ0) is 33.5. The monoisotopic (exact) mass is 621 g/mol. The highest BCUT2D eigenvalue weighted by Crippen LogP contribution is 2.54. The fourth-order valence-corrected chi connectivity index (χ4v) is 8.28. The van der Waals surface area contributed by atoms with Crippen molar-refractivity contribution in [3.63, 3.8) is 0 Å². The van der Waals surface area contributed by atoms with Gasteiger partial charge in [-0.2, -0.15) is 0 Å². The average Bonchev–Trinajstić information content (AvgIpc) is 3.64. The van der Waals surface area contributed by atoms with Gasteiger partial charge >= 0.3 is 0 Å². The zero-order valence-corrected chi connectivity index (χ0v) is 28.1. The van der Waals surface area contributed by atoms with Gasteiger partial charge in [0.2, 0.25) is 0 Å². The normalized spacial score (nSPS) is 13.8. The van der Waals surface area contributed by atoms with Crippen LogP contribution in [0.4, 0.5) is 11.4 Å². The third kappa shape index (κ3) is 3.88. The summed E-state index contributed by atoms with van der Waals surface area (Å²) in [6, 6.07) is 35.0. The number of rotatable bonds is 6. The van der Waals surface area contributed by atoms with Crippen molar-refractivity contribution in [1.29, 1.82) is 0 Å². The third-order valence-corrected chi connectivity index (χ3v) is 10.6. The van der Waals surface area contributed by atoms with Gasteiger partial charge in [-0.25, -0.2) is 0 Å². The summed E-state index contributed by atoms with van der Waals surface area (Å²) in [5.74, 6) is 0. The zero-order valence-electron chi connectivity index (χ0n) is 28.1. The van der Waals surface area contributed by atoms with Crippen LogP contribution in [0.15, 0.2) is 123 Å². The van der Waals surface area contributed by atoms with E-state index in [1.807, 2.05) is 18.2 Å². The Morgan fingerprint density at radius 3 is 1.98 bits per heavy atom. The standard InChI is InChI=1S/C45H39N3/c1-9-30-31(10-2)43-35-20-12-15-21-36(35)45(5,6)37(43)27-42(30)48(38(11-3)44-28(4)32-18-13-16-22-39(32)47(44)8)29-24-25-34-33-19-14-17-23-40(33)46(7)41(34)26-29/h9-27H,1-4H2,5-8H3/b44-38-. The molecule has 8 rings (SSSR count). The molecule has 0 saturated carbocycles. The first-order chi connectivity index (χ1) is 23.2. The van der Waals surface area contributed by atoms with Gasteiger partial charge in [-0.1, -0.05) is 119 Å². The highest BCUT2D eigenvalue weighted by Gasteiger charge is 2.38. The summed E-state index contributed by atoms with van der Waals surface area (Å²) in [5.41, 5.74) is 13.5. The van der Waals surface area contributed by atoms with E-state index in [0.29, 0.717) is 0 Å². The molecule has 1 aliphatic rings. The molecule has 0 amide bonds. The van der Waals surface area contributed by atoms with Crippen molar-refractivity contribution in [2.75, 3.05) is 4.90 Å². The van der Waals surface area contributed by atoms with E-state index in [1.165, 1.54) is 38.5 Å². The Kier molecular flexibility index (Phi) is 6.54. The van der Waals surface area contributed by atoms with Crippen LogP contribution in [0, 0.1) is 0 Å². The molecule has 3 nitrogen and oxygen atoms in total. The number of hydrogen-bond donors (Lipinski definition) is 0. The lowest BCUT2D eigenvalue weighted by Gasteiger charge is -2.31. The SMILES string of the molecule is C=C/C(=c1\c(=C)c2ccccc2n1C)N(c1ccc2c3ccccc3n(C)c2c1)c1cc2c(c(C=C)c1C=C)-c1ccccc1C2(C)C. The molecule has 234 valence electrons. The second-order valence-corrected chi connectivity index (χ2v) is 13.3. The topological polar surface area (TPSA) is 13.1 Å². The Bertz CT molecular complexity index is 2640. The van der Waals surface area contributed by atoms with Crippen molar-refractivity contribution < 1.29 is 0 Å². The summed E-state index contributed by atoms with van der Waals surface area (Å²) in [5, 5.41) is 5.58. The summed E-state index contributed by atoms with van der Waals surface area (Å²) in [7, 11) is 4.27. The summed E-state index contributed by atoms with van der Waals surface area (Å²) in [4.78, 5) is 2.36. The molecule has 5 aromatic carbocycles. The van der Waals surface area contributed by atoms with Crippen molar-refractivity contribution >= 4 is 68.5 Å². The number of aryl methyl sites for hydroxylation is 2. The molecule has 2 heterocycles. The van der Waals surface area contributed by atoms with Crippen LogP contribution < -0.4 is 15.5 Å². The molecule has 0 saturated heterocycles. The van der Waals surface area contributed by atoms with E-state index in [0.717, 1.165) is 55.2 Å². The molecule has 3 heteroatoms. The van der Waals surface area contributed by atoms with E-state index in [1.54, 1.807) is 0 Å². The number of para-hydroxylation sites is 2. The second kappa shape index (κ2) is 10.6. The molecule has 7 aromatic rings. The number of fused-ring (bicyclic) bond motifs is 7. The van der Waals surface area contributed by atoms with Gasteiger partial charge in [-0.05, 0) is 64.2 Å². The van der Waals surface area contributed by atoms with Gasteiger partial charge < -0.3 is 14.0 Å². The van der Waals surface area contributed by atoms with Gasteiger partial charge in [0.25, 0.3) is 0 Å². The van der Waals surface area contributed by atoms with Crippen molar-refractivity contribution in [1.82, 2.24) is 9.13 Å². The molecule has 1 aliphatic carbocycles. The molecule has 0 spiro atoms. The van der Waals surface area contributed by atoms with E-state index in [9.17, 15) is 0 Å². The van der Waals surface area contributed by atoms with Crippen LogP contribution in [0.25, 0.3) is 68.3 Å². The highest BCUT2D eigenvalue weighted by atomic mass is 15.2. The number of hydrogen-bond acceptors (Lipinski definition) is 1. The van der Waals surface area contributed by atoms with Crippen molar-refractivity contribution in [3.8, 4) is 11.1 Å². The van der Waals surface area contributed by atoms with Crippen LogP contribution >= 0.6 is 0 Å². The van der Waals surface area contributed by atoms with Crippen LogP contribution in [-0.4, -0.2) is 9.13 Å². The number of nitrogens with zero attached hydrogens (tertiary/aromatic N) is 3. The van der Waals surface area contributed by atoms with Crippen molar-refractivity contribution in [3.05, 3.63) is 156 Å². The van der Waals surface area contributed by atoms with Crippen LogP contribution in [-0.2, 0) is 19.5 Å². The van der Waals surface area contributed by atoms with Crippen molar-refractivity contribution in [2.45, 2.75) is 19.3 Å². The minimum atomic E-state index is -0.213. The Labute approximate surface area is 282 Å². The summed E-state index contributed by atoms with van der Waals surface area (Å²) in [6.07, 6.45) is 5.96. The fourth-order valence-electron chi connectivity index (χ4n) is 8.28. The summed E-state index contributed by atoms with van der Waals surface area (Å²) < 4.78 is 4.53. The molecular weight excluding hydrogens is 583 g/mol. The van der Waals surface area contributed by atoms with E-state index in [4.69, 9.17) is 0 Å². The molecule has 2 aromatic heterocycles. The quantitative estimate of drug-likeness (QED) is 0.180. The summed E-state index contributed by atoms with van der Waals surface area (Å²) >= 11 is 0. The maximum Gasteiger partial charge on any atom is 0.0727 e. The first kappa shape index (κ1) is 29.6. The molecular formula is C45H39N3. The van der Waals surface area contributed by atoms with Crippen LogP contribution in [0.2, 0.25) is 0 Å². The second-order valence-electron chi connectivity index (χ2n) is 13.3. The van der Waals surface area contributed by atoms with Gasteiger partial charge in [0.05, 0.1) is 22.3 Å². The van der Waals surface area contributed by atoms with E-state index in [-0.39, 0.29) is 5.41 Å². The molecule has 0 aliphatic heterocycles. The minimum absolute atomic E-state index is 0.213. The molecule has 0 unspecified atom stereocenters.